The van der Waals surface area contributed by atoms with E-state index in [-0.39, 0.29) is 42.2 Å². The van der Waals surface area contributed by atoms with Gasteiger partial charge in [0.15, 0.2) is 11.5 Å². The fourth-order valence-corrected chi connectivity index (χ4v) is 6.43. The standard InChI is InChI=1S/C28H28FNO6/c29-20-5-3-16(4-6-20)22-9-10-30(27(31)25-17-1-2-18(11-17)26(25)28(32)33)13-19(22)14-34-21-7-8-23-24(12-21)36-15-35-23/h1-8,12,17-19,22,25-26H,9-11,13-15H2,(H,32,33). The van der Waals surface area contributed by atoms with Gasteiger partial charge in [-0.1, -0.05) is 24.3 Å². The molecular formula is C28H28FNO6. The van der Waals surface area contributed by atoms with Crippen molar-refractivity contribution in [2.75, 3.05) is 26.5 Å². The van der Waals surface area contributed by atoms with Crippen LogP contribution in [0.15, 0.2) is 54.6 Å². The third kappa shape index (κ3) is 4.08. The monoisotopic (exact) mass is 493 g/mol. The number of fused-ring (bicyclic) bond motifs is 3. The van der Waals surface area contributed by atoms with Crippen molar-refractivity contribution in [1.29, 1.82) is 0 Å². The summed E-state index contributed by atoms with van der Waals surface area (Å²) in [5.74, 6) is -0.533. The number of hydrogen-bond acceptors (Lipinski definition) is 5. The Morgan fingerprint density at radius 1 is 1.03 bits per heavy atom. The molecule has 7 nitrogen and oxygen atoms in total. The Morgan fingerprint density at radius 3 is 2.56 bits per heavy atom. The van der Waals surface area contributed by atoms with Gasteiger partial charge in [0.2, 0.25) is 12.7 Å². The van der Waals surface area contributed by atoms with Gasteiger partial charge in [-0.15, -0.1) is 0 Å². The van der Waals surface area contributed by atoms with Gasteiger partial charge in [-0.2, -0.15) is 0 Å². The molecule has 6 atom stereocenters. The minimum atomic E-state index is -0.894. The molecule has 2 aromatic carbocycles. The average molecular weight is 494 g/mol. The van der Waals surface area contributed by atoms with Crippen molar-refractivity contribution in [3.8, 4) is 17.2 Å². The van der Waals surface area contributed by atoms with Crippen molar-refractivity contribution in [2.24, 2.45) is 29.6 Å². The van der Waals surface area contributed by atoms with E-state index in [9.17, 15) is 19.1 Å². The zero-order valence-corrected chi connectivity index (χ0v) is 19.7. The summed E-state index contributed by atoms with van der Waals surface area (Å²) in [6.07, 6.45) is 5.39. The van der Waals surface area contributed by atoms with E-state index in [0.29, 0.717) is 43.4 Å². The summed E-state index contributed by atoms with van der Waals surface area (Å²) in [4.78, 5) is 27.5. The lowest BCUT2D eigenvalue weighted by Crippen LogP contribution is -2.49. The molecule has 1 saturated carbocycles. The summed E-state index contributed by atoms with van der Waals surface area (Å²) >= 11 is 0. The lowest BCUT2D eigenvalue weighted by molar-refractivity contribution is -0.152. The molecule has 6 unspecified atom stereocenters. The quantitative estimate of drug-likeness (QED) is 0.611. The summed E-state index contributed by atoms with van der Waals surface area (Å²) in [7, 11) is 0. The molecule has 8 heteroatoms. The number of amides is 1. The van der Waals surface area contributed by atoms with Crippen molar-refractivity contribution >= 4 is 11.9 Å². The maximum atomic E-state index is 13.6. The molecule has 0 aromatic heterocycles. The van der Waals surface area contributed by atoms with Gasteiger partial charge in [-0.05, 0) is 60.4 Å². The molecule has 188 valence electrons. The molecule has 1 N–H and O–H groups in total. The first-order chi connectivity index (χ1) is 17.5. The summed E-state index contributed by atoms with van der Waals surface area (Å²) in [5.41, 5.74) is 1.01. The topological polar surface area (TPSA) is 85.3 Å². The molecule has 2 aliphatic heterocycles. The van der Waals surface area contributed by atoms with Crippen molar-refractivity contribution < 1.29 is 33.3 Å². The van der Waals surface area contributed by atoms with Crippen molar-refractivity contribution in [3.63, 3.8) is 0 Å². The van der Waals surface area contributed by atoms with Crippen LogP contribution in [-0.4, -0.2) is 48.4 Å². The number of likely N-dealkylation sites (tertiary alicyclic amines) is 1. The molecular weight excluding hydrogens is 465 g/mol. The van der Waals surface area contributed by atoms with E-state index in [0.717, 1.165) is 12.0 Å². The maximum absolute atomic E-state index is 13.6. The molecule has 1 saturated heterocycles. The lowest BCUT2D eigenvalue weighted by Gasteiger charge is -2.41. The van der Waals surface area contributed by atoms with Gasteiger partial charge in [0.25, 0.3) is 0 Å². The molecule has 2 aliphatic carbocycles. The minimum absolute atomic E-state index is 0.0123. The van der Waals surface area contributed by atoms with Crippen molar-refractivity contribution in [1.82, 2.24) is 4.90 Å². The number of carboxylic acids is 1. The molecule has 0 spiro atoms. The maximum Gasteiger partial charge on any atom is 0.307 e. The van der Waals surface area contributed by atoms with E-state index in [4.69, 9.17) is 14.2 Å². The number of rotatable bonds is 6. The van der Waals surface area contributed by atoms with Crippen LogP contribution in [0.25, 0.3) is 0 Å². The smallest absolute Gasteiger partial charge is 0.307 e. The van der Waals surface area contributed by atoms with Gasteiger partial charge in [0, 0.05) is 25.1 Å². The second kappa shape index (κ2) is 9.15. The second-order valence-corrected chi connectivity index (χ2v) is 10.2. The Morgan fingerprint density at radius 2 is 1.78 bits per heavy atom. The van der Waals surface area contributed by atoms with Gasteiger partial charge in [-0.25, -0.2) is 4.39 Å². The number of allylic oxidation sites excluding steroid dienone is 2. The SMILES string of the molecule is O=C(O)C1C2C=CC(C2)C1C(=O)N1CCC(c2ccc(F)cc2)C(COc2ccc3c(c2)OCO3)C1. The van der Waals surface area contributed by atoms with Crippen LogP contribution in [-0.2, 0) is 9.59 Å². The Hall–Kier alpha value is -3.55. The number of carboxylic acid groups (broad SMARTS) is 1. The average Bonchev–Trinajstić information content (AvgIpc) is 3.63. The highest BCUT2D eigenvalue weighted by Crippen LogP contribution is 2.49. The molecule has 0 radical (unpaired) electrons. The Labute approximate surface area is 208 Å². The minimum Gasteiger partial charge on any atom is -0.493 e. The predicted octanol–water partition coefficient (Wildman–Crippen LogP) is 4.09. The largest absolute Gasteiger partial charge is 0.493 e. The van der Waals surface area contributed by atoms with Gasteiger partial charge < -0.3 is 24.2 Å². The molecule has 1 amide bonds. The fraction of sp³-hybridized carbons (Fsp3) is 0.429. The second-order valence-electron chi connectivity index (χ2n) is 10.2. The summed E-state index contributed by atoms with van der Waals surface area (Å²) < 4.78 is 30.6. The molecule has 6 rings (SSSR count). The zero-order valence-electron chi connectivity index (χ0n) is 19.7. The van der Waals surface area contributed by atoms with Crippen LogP contribution in [0, 0.1) is 35.4 Å². The molecule has 36 heavy (non-hydrogen) atoms. The first-order valence-corrected chi connectivity index (χ1v) is 12.5. The van der Waals surface area contributed by atoms with E-state index in [1.807, 2.05) is 23.1 Å². The van der Waals surface area contributed by atoms with Gasteiger partial charge in [-0.3, -0.25) is 9.59 Å². The van der Waals surface area contributed by atoms with Gasteiger partial charge in [0.05, 0.1) is 18.4 Å². The third-order valence-corrected chi connectivity index (χ3v) is 8.18. The number of aliphatic carboxylic acids is 1. The van der Waals surface area contributed by atoms with E-state index < -0.39 is 17.8 Å². The first-order valence-electron chi connectivity index (χ1n) is 12.5. The lowest BCUT2D eigenvalue weighted by atomic mass is 9.78. The van der Waals surface area contributed by atoms with E-state index in [2.05, 4.69) is 0 Å². The number of carbonyl (C=O) groups excluding carboxylic acids is 1. The van der Waals surface area contributed by atoms with Crippen molar-refractivity contribution in [2.45, 2.75) is 18.8 Å². The van der Waals surface area contributed by atoms with Crippen LogP contribution in [0.3, 0.4) is 0 Å². The first kappa shape index (κ1) is 22.9. The molecule has 2 fully saturated rings. The summed E-state index contributed by atoms with van der Waals surface area (Å²) in [6, 6.07) is 11.9. The highest BCUT2D eigenvalue weighted by Gasteiger charge is 2.53. The van der Waals surface area contributed by atoms with E-state index >= 15 is 0 Å². The van der Waals surface area contributed by atoms with Crippen LogP contribution in [0.5, 0.6) is 17.2 Å². The van der Waals surface area contributed by atoms with Crippen LogP contribution in [0.4, 0.5) is 4.39 Å². The zero-order chi connectivity index (χ0) is 24.8. The Bertz CT molecular complexity index is 1200. The number of carbonyl (C=O) groups is 2. The molecule has 2 aromatic rings. The van der Waals surface area contributed by atoms with E-state index in [1.165, 1.54) is 12.1 Å². The highest BCUT2D eigenvalue weighted by molar-refractivity contribution is 5.87. The number of ether oxygens (including phenoxy) is 3. The number of halogens is 1. The Balaban J connectivity index is 1.21. The summed E-state index contributed by atoms with van der Waals surface area (Å²) in [5, 5.41) is 9.82. The van der Waals surface area contributed by atoms with Crippen LogP contribution in [0.1, 0.15) is 24.3 Å². The summed E-state index contributed by atoms with van der Waals surface area (Å²) in [6.45, 7) is 1.52. The van der Waals surface area contributed by atoms with Crippen LogP contribution < -0.4 is 14.2 Å². The predicted molar refractivity (Wildman–Crippen MR) is 127 cm³/mol. The van der Waals surface area contributed by atoms with Crippen molar-refractivity contribution in [3.05, 3.63) is 66.0 Å². The number of benzene rings is 2. The number of hydrogen-bond donors (Lipinski definition) is 1. The van der Waals surface area contributed by atoms with Gasteiger partial charge in [0.1, 0.15) is 11.6 Å². The molecule has 4 aliphatic rings. The highest BCUT2D eigenvalue weighted by atomic mass is 19.1. The molecule has 2 heterocycles. The molecule has 2 bridgehead atoms. The normalized spacial score (nSPS) is 30.0. The van der Waals surface area contributed by atoms with E-state index in [1.54, 1.807) is 24.3 Å². The third-order valence-electron chi connectivity index (χ3n) is 8.18. The van der Waals surface area contributed by atoms with Gasteiger partial charge >= 0.3 is 5.97 Å². The fourth-order valence-electron chi connectivity index (χ4n) is 6.43. The van der Waals surface area contributed by atoms with Crippen LogP contribution in [0.2, 0.25) is 0 Å². The Kier molecular flexibility index (Phi) is 5.82. The number of nitrogens with zero attached hydrogens (tertiary/aromatic N) is 1. The number of piperidine rings is 1. The van der Waals surface area contributed by atoms with Crippen LogP contribution >= 0.6 is 0 Å².